The van der Waals surface area contributed by atoms with E-state index in [4.69, 9.17) is 4.74 Å². The minimum absolute atomic E-state index is 0.0680. The molecule has 3 heterocycles. The zero-order valence-electron chi connectivity index (χ0n) is 12.5. The van der Waals surface area contributed by atoms with Gasteiger partial charge in [0.15, 0.2) is 6.04 Å². The molecule has 1 N–H and O–H groups in total. The van der Waals surface area contributed by atoms with Crippen LogP contribution in [0.4, 0.5) is 0 Å². The summed E-state index contributed by atoms with van der Waals surface area (Å²) in [5.74, 6) is -1.23. The molecular weight excluding hydrogens is 304 g/mol. The first-order chi connectivity index (χ1) is 10.6. The zero-order chi connectivity index (χ0) is 15.7. The van der Waals surface area contributed by atoms with E-state index in [1.54, 1.807) is 12.1 Å². The summed E-state index contributed by atoms with van der Waals surface area (Å²) >= 11 is 1.33. The van der Waals surface area contributed by atoms with Gasteiger partial charge in [-0.3, -0.25) is 9.69 Å². The number of carboxylic acids is 1. The summed E-state index contributed by atoms with van der Waals surface area (Å²) in [4.78, 5) is 28.7. The van der Waals surface area contributed by atoms with E-state index in [0.29, 0.717) is 17.7 Å². The average molecular weight is 324 g/mol. The van der Waals surface area contributed by atoms with Crippen LogP contribution in [0.15, 0.2) is 17.5 Å². The number of piperidine rings is 1. The van der Waals surface area contributed by atoms with Crippen LogP contribution < -0.4 is 0 Å². The Balaban J connectivity index is 1.89. The van der Waals surface area contributed by atoms with Gasteiger partial charge in [-0.15, -0.1) is 11.3 Å². The summed E-state index contributed by atoms with van der Waals surface area (Å²) < 4.78 is 5.88. The molecule has 2 fully saturated rings. The van der Waals surface area contributed by atoms with E-state index in [1.807, 2.05) is 5.38 Å². The number of thiophene rings is 1. The van der Waals surface area contributed by atoms with Crippen molar-refractivity contribution in [3.8, 4) is 0 Å². The Hall–Kier alpha value is -1.44. The molecule has 0 radical (unpaired) electrons. The van der Waals surface area contributed by atoms with Gasteiger partial charge in [0.2, 0.25) is 0 Å². The minimum atomic E-state index is -1.00. The summed E-state index contributed by atoms with van der Waals surface area (Å²) in [6, 6.07) is 2.64. The number of hydrogen-bond acceptors (Lipinski definition) is 5. The average Bonchev–Trinajstić information content (AvgIpc) is 3.16. The zero-order valence-corrected chi connectivity index (χ0v) is 13.3. The topological polar surface area (TPSA) is 70.1 Å². The Kier molecular flexibility index (Phi) is 4.20. The SMILES string of the molecule is CCN1CCC2(CC1)OC[C@H](C(=O)O)N2C(=O)c1cccs1. The van der Waals surface area contributed by atoms with Crippen LogP contribution in [0.5, 0.6) is 0 Å². The van der Waals surface area contributed by atoms with Gasteiger partial charge < -0.3 is 14.7 Å². The second-order valence-electron chi connectivity index (χ2n) is 5.70. The van der Waals surface area contributed by atoms with Gasteiger partial charge in [0, 0.05) is 25.9 Å². The lowest BCUT2D eigenvalue weighted by Gasteiger charge is -2.43. The summed E-state index contributed by atoms with van der Waals surface area (Å²) in [5, 5.41) is 11.3. The maximum atomic E-state index is 12.8. The molecular formula is C15H20N2O4S. The summed E-state index contributed by atoms with van der Waals surface area (Å²) in [7, 11) is 0. The van der Waals surface area contributed by atoms with E-state index >= 15 is 0 Å². The largest absolute Gasteiger partial charge is 0.480 e. The first-order valence-corrected chi connectivity index (χ1v) is 8.41. The fraction of sp³-hybridized carbons (Fsp3) is 0.600. The lowest BCUT2D eigenvalue weighted by Crippen LogP contribution is -2.58. The van der Waals surface area contributed by atoms with Gasteiger partial charge in [0.1, 0.15) is 5.72 Å². The number of ether oxygens (including phenoxy) is 1. The molecule has 0 aliphatic carbocycles. The second-order valence-corrected chi connectivity index (χ2v) is 6.65. The monoisotopic (exact) mass is 324 g/mol. The number of carbonyl (C=O) groups is 2. The summed E-state index contributed by atoms with van der Waals surface area (Å²) in [5.41, 5.74) is -0.768. The molecule has 1 aromatic heterocycles. The van der Waals surface area contributed by atoms with E-state index in [0.717, 1.165) is 19.6 Å². The van der Waals surface area contributed by atoms with E-state index < -0.39 is 17.7 Å². The molecule has 0 aromatic carbocycles. The van der Waals surface area contributed by atoms with Gasteiger partial charge in [0.25, 0.3) is 5.91 Å². The Bertz CT molecular complexity index is 552. The third-order valence-corrected chi connectivity index (χ3v) is 5.44. The number of likely N-dealkylation sites (tertiary alicyclic amines) is 1. The van der Waals surface area contributed by atoms with E-state index in [1.165, 1.54) is 16.2 Å². The molecule has 120 valence electrons. The molecule has 1 amide bonds. The quantitative estimate of drug-likeness (QED) is 0.912. The maximum absolute atomic E-state index is 12.8. The van der Waals surface area contributed by atoms with E-state index in [9.17, 15) is 14.7 Å². The Morgan fingerprint density at radius 1 is 1.45 bits per heavy atom. The van der Waals surface area contributed by atoms with Gasteiger partial charge in [0.05, 0.1) is 11.5 Å². The number of rotatable bonds is 3. The first-order valence-electron chi connectivity index (χ1n) is 7.54. The highest BCUT2D eigenvalue weighted by molar-refractivity contribution is 7.12. The number of hydrogen-bond donors (Lipinski definition) is 1. The third kappa shape index (κ3) is 2.53. The Labute approximate surface area is 133 Å². The molecule has 2 aliphatic rings. The summed E-state index contributed by atoms with van der Waals surface area (Å²) in [6.45, 7) is 4.76. The van der Waals surface area contributed by atoms with Crippen LogP contribution in [0.2, 0.25) is 0 Å². The Morgan fingerprint density at radius 2 is 2.18 bits per heavy atom. The number of carboxylic acid groups (broad SMARTS) is 1. The Morgan fingerprint density at radius 3 is 2.73 bits per heavy atom. The highest BCUT2D eigenvalue weighted by Gasteiger charge is 2.54. The lowest BCUT2D eigenvalue weighted by molar-refractivity contribution is -0.143. The van der Waals surface area contributed by atoms with Gasteiger partial charge in [-0.25, -0.2) is 4.79 Å². The van der Waals surface area contributed by atoms with Crippen LogP contribution in [0.25, 0.3) is 0 Å². The highest BCUT2D eigenvalue weighted by atomic mass is 32.1. The van der Waals surface area contributed by atoms with Crippen molar-refractivity contribution >= 4 is 23.2 Å². The van der Waals surface area contributed by atoms with Gasteiger partial charge in [-0.05, 0) is 18.0 Å². The minimum Gasteiger partial charge on any atom is -0.480 e. The fourth-order valence-corrected chi connectivity index (χ4v) is 3.95. The molecule has 1 aromatic rings. The standard InChI is InChI=1S/C15H20N2O4S/c1-2-16-7-5-15(6-8-16)17(11(10-21-15)14(19)20)13(18)12-4-3-9-22-12/h3-4,9,11H,2,5-8,10H2,1H3,(H,19,20)/t11-/m1/s1. The van der Waals surface area contributed by atoms with Crippen LogP contribution in [-0.2, 0) is 9.53 Å². The fourth-order valence-electron chi connectivity index (χ4n) is 3.29. The molecule has 0 saturated carbocycles. The molecule has 2 aliphatic heterocycles. The van der Waals surface area contributed by atoms with Gasteiger partial charge in [-0.1, -0.05) is 13.0 Å². The second kappa shape index (κ2) is 5.98. The van der Waals surface area contributed by atoms with Crippen molar-refractivity contribution < 1.29 is 19.4 Å². The number of carbonyl (C=O) groups excluding carboxylic acids is 1. The summed E-state index contributed by atoms with van der Waals surface area (Å²) in [6.07, 6.45) is 1.31. The van der Waals surface area contributed by atoms with Crippen molar-refractivity contribution in [2.45, 2.75) is 31.5 Å². The molecule has 3 rings (SSSR count). The van der Waals surface area contributed by atoms with Crippen molar-refractivity contribution in [2.24, 2.45) is 0 Å². The highest BCUT2D eigenvalue weighted by Crippen LogP contribution is 2.38. The van der Waals surface area contributed by atoms with Gasteiger partial charge in [-0.2, -0.15) is 0 Å². The van der Waals surface area contributed by atoms with Gasteiger partial charge >= 0.3 is 5.97 Å². The van der Waals surface area contributed by atoms with Crippen LogP contribution in [-0.4, -0.2) is 64.8 Å². The number of nitrogens with zero attached hydrogens (tertiary/aromatic N) is 2. The van der Waals surface area contributed by atoms with E-state index in [2.05, 4.69) is 11.8 Å². The number of amides is 1. The predicted octanol–water partition coefficient (Wildman–Crippen LogP) is 1.49. The molecule has 7 heteroatoms. The van der Waals surface area contributed by atoms with Crippen LogP contribution in [0.3, 0.4) is 0 Å². The predicted molar refractivity (Wildman–Crippen MR) is 81.9 cm³/mol. The van der Waals surface area contributed by atoms with E-state index in [-0.39, 0.29) is 12.5 Å². The lowest BCUT2D eigenvalue weighted by atomic mass is 9.97. The van der Waals surface area contributed by atoms with Crippen molar-refractivity contribution in [1.29, 1.82) is 0 Å². The maximum Gasteiger partial charge on any atom is 0.328 e. The van der Waals surface area contributed by atoms with Crippen molar-refractivity contribution in [3.05, 3.63) is 22.4 Å². The molecule has 22 heavy (non-hydrogen) atoms. The van der Waals surface area contributed by atoms with Crippen molar-refractivity contribution in [3.63, 3.8) is 0 Å². The first kappa shape index (κ1) is 15.5. The van der Waals surface area contributed by atoms with Crippen LogP contribution in [0.1, 0.15) is 29.4 Å². The molecule has 0 unspecified atom stereocenters. The van der Waals surface area contributed by atoms with Crippen LogP contribution >= 0.6 is 11.3 Å². The molecule has 1 atom stereocenters. The molecule has 0 bridgehead atoms. The normalized spacial score (nSPS) is 24.8. The van der Waals surface area contributed by atoms with Crippen molar-refractivity contribution in [1.82, 2.24) is 9.80 Å². The smallest absolute Gasteiger partial charge is 0.328 e. The van der Waals surface area contributed by atoms with Crippen molar-refractivity contribution in [2.75, 3.05) is 26.2 Å². The molecule has 2 saturated heterocycles. The van der Waals surface area contributed by atoms with Crippen LogP contribution in [0, 0.1) is 0 Å². The molecule has 1 spiro atoms. The third-order valence-electron chi connectivity index (χ3n) is 4.58. The number of aliphatic carboxylic acids is 1. The molecule has 6 nitrogen and oxygen atoms in total.